The minimum absolute atomic E-state index is 0.116. The van der Waals surface area contributed by atoms with Gasteiger partial charge in [-0.3, -0.25) is 4.79 Å². The van der Waals surface area contributed by atoms with Gasteiger partial charge in [0.1, 0.15) is 5.82 Å². The summed E-state index contributed by atoms with van der Waals surface area (Å²) in [6.45, 7) is 0.621. The summed E-state index contributed by atoms with van der Waals surface area (Å²) in [5.74, 6) is -0.436. The van der Waals surface area contributed by atoms with E-state index in [4.69, 9.17) is 0 Å². The molecule has 1 heterocycles. The van der Waals surface area contributed by atoms with E-state index in [1.807, 2.05) is 0 Å². The molecule has 1 aromatic carbocycles. The second kappa shape index (κ2) is 5.73. The maximum atomic E-state index is 13.2. The summed E-state index contributed by atoms with van der Waals surface area (Å²) in [6, 6.07) is 6.26. The summed E-state index contributed by atoms with van der Waals surface area (Å²) in [5.41, 5.74) is -0.154. The molecular weight excluding hydrogens is 289 g/mol. The van der Waals surface area contributed by atoms with Crippen LogP contribution in [0, 0.1) is 11.2 Å². The van der Waals surface area contributed by atoms with Crippen LogP contribution in [0.25, 0.3) is 10.1 Å². The lowest BCUT2D eigenvalue weighted by molar-refractivity contribution is 0.0884. The molecule has 1 aromatic heterocycles. The lowest BCUT2D eigenvalue weighted by Crippen LogP contribution is -2.38. The molecule has 1 amide bonds. The van der Waals surface area contributed by atoms with Crippen molar-refractivity contribution in [1.82, 2.24) is 5.32 Å². The van der Waals surface area contributed by atoms with Crippen LogP contribution in [0.3, 0.4) is 0 Å². The number of carbonyl (C=O) groups excluding carboxylic acids is 1. The Morgan fingerprint density at radius 2 is 2.10 bits per heavy atom. The highest BCUT2D eigenvalue weighted by Gasteiger charge is 2.33. The van der Waals surface area contributed by atoms with Crippen LogP contribution in [0.15, 0.2) is 24.3 Å². The van der Waals surface area contributed by atoms with Crippen LogP contribution >= 0.6 is 11.3 Å². The molecule has 1 fully saturated rings. The summed E-state index contributed by atoms with van der Waals surface area (Å²) in [6.07, 6.45) is 4.14. The van der Waals surface area contributed by atoms with Gasteiger partial charge in [-0.15, -0.1) is 11.3 Å². The summed E-state index contributed by atoms with van der Waals surface area (Å²) < 4.78 is 14.1. The van der Waals surface area contributed by atoms with Gasteiger partial charge >= 0.3 is 0 Å². The number of nitrogens with one attached hydrogen (secondary N) is 1. The number of halogens is 1. The SMILES string of the molecule is O=C(NCC1(CO)CCCC1)c1cc2cc(F)ccc2s1. The quantitative estimate of drug-likeness (QED) is 0.910. The normalized spacial score (nSPS) is 17.2. The summed E-state index contributed by atoms with van der Waals surface area (Å²) >= 11 is 1.36. The molecule has 0 bridgehead atoms. The van der Waals surface area contributed by atoms with E-state index in [-0.39, 0.29) is 23.7 Å². The molecule has 1 saturated carbocycles. The molecule has 3 rings (SSSR count). The van der Waals surface area contributed by atoms with Gasteiger partial charge in [-0.05, 0) is 42.5 Å². The summed E-state index contributed by atoms with van der Waals surface area (Å²) in [5, 5.41) is 13.2. The van der Waals surface area contributed by atoms with E-state index in [9.17, 15) is 14.3 Å². The van der Waals surface area contributed by atoms with Crippen molar-refractivity contribution in [2.45, 2.75) is 25.7 Å². The fourth-order valence-electron chi connectivity index (χ4n) is 3.00. The number of hydrogen-bond acceptors (Lipinski definition) is 3. The summed E-state index contributed by atoms with van der Waals surface area (Å²) in [7, 11) is 0. The molecule has 0 aliphatic heterocycles. The lowest BCUT2D eigenvalue weighted by atomic mass is 9.87. The standard InChI is InChI=1S/C16H18FNO2S/c17-12-3-4-13-11(7-12)8-14(21-13)15(20)18-9-16(10-19)5-1-2-6-16/h3-4,7-8,19H,1-2,5-6,9-10H2,(H,18,20). The first kappa shape index (κ1) is 14.5. The van der Waals surface area contributed by atoms with Crippen molar-refractivity contribution in [1.29, 1.82) is 0 Å². The molecule has 0 radical (unpaired) electrons. The molecule has 21 heavy (non-hydrogen) atoms. The number of amides is 1. The van der Waals surface area contributed by atoms with Gasteiger partial charge in [0.05, 0.1) is 11.5 Å². The van der Waals surface area contributed by atoms with Crippen LogP contribution in [0.4, 0.5) is 4.39 Å². The molecule has 3 nitrogen and oxygen atoms in total. The molecule has 0 saturated heterocycles. The van der Waals surface area contributed by atoms with Gasteiger partial charge in [-0.25, -0.2) is 4.39 Å². The Morgan fingerprint density at radius 1 is 1.33 bits per heavy atom. The third-order valence-corrected chi connectivity index (χ3v) is 5.44. The number of carbonyl (C=O) groups is 1. The van der Waals surface area contributed by atoms with E-state index in [1.54, 1.807) is 12.1 Å². The first-order valence-corrected chi connectivity index (χ1v) is 8.02. The minimum atomic E-state index is -0.294. The molecule has 1 aliphatic rings. The fourth-order valence-corrected chi connectivity index (χ4v) is 3.96. The van der Waals surface area contributed by atoms with Crippen LogP contribution in [0.2, 0.25) is 0 Å². The zero-order chi connectivity index (χ0) is 14.9. The van der Waals surface area contributed by atoms with E-state index < -0.39 is 0 Å². The van der Waals surface area contributed by atoms with Crippen molar-refractivity contribution in [3.8, 4) is 0 Å². The van der Waals surface area contributed by atoms with E-state index >= 15 is 0 Å². The third kappa shape index (κ3) is 2.94. The van der Waals surface area contributed by atoms with E-state index in [2.05, 4.69) is 5.32 Å². The van der Waals surface area contributed by atoms with Crippen LogP contribution in [0.5, 0.6) is 0 Å². The smallest absolute Gasteiger partial charge is 0.261 e. The highest BCUT2D eigenvalue weighted by Crippen LogP contribution is 2.37. The van der Waals surface area contributed by atoms with Crippen molar-refractivity contribution in [2.75, 3.05) is 13.2 Å². The molecule has 1 aliphatic carbocycles. The van der Waals surface area contributed by atoms with Crippen molar-refractivity contribution in [2.24, 2.45) is 5.41 Å². The van der Waals surface area contributed by atoms with Gasteiger partial charge in [0.25, 0.3) is 5.91 Å². The lowest BCUT2D eigenvalue weighted by Gasteiger charge is -2.26. The van der Waals surface area contributed by atoms with Crippen LogP contribution in [-0.4, -0.2) is 24.2 Å². The van der Waals surface area contributed by atoms with Crippen molar-refractivity contribution in [3.05, 3.63) is 35.0 Å². The highest BCUT2D eigenvalue weighted by molar-refractivity contribution is 7.20. The zero-order valence-electron chi connectivity index (χ0n) is 11.7. The minimum Gasteiger partial charge on any atom is -0.396 e. The molecule has 2 aromatic rings. The third-order valence-electron chi connectivity index (χ3n) is 4.33. The van der Waals surface area contributed by atoms with Crippen LogP contribution in [-0.2, 0) is 0 Å². The topological polar surface area (TPSA) is 49.3 Å². The Bertz CT molecular complexity index is 661. The Kier molecular flexibility index (Phi) is 3.95. The van der Waals surface area contributed by atoms with Gasteiger partial charge in [-0.1, -0.05) is 12.8 Å². The number of fused-ring (bicyclic) bond motifs is 1. The molecule has 0 unspecified atom stereocenters. The Hall–Kier alpha value is -1.46. The Balaban J connectivity index is 1.72. The second-order valence-corrected chi connectivity index (χ2v) is 6.92. The Labute approximate surface area is 126 Å². The number of aliphatic hydroxyl groups is 1. The van der Waals surface area contributed by atoms with E-state index in [0.717, 1.165) is 35.8 Å². The predicted octanol–water partition coefficient (Wildman–Crippen LogP) is 3.32. The van der Waals surface area contributed by atoms with Gasteiger partial charge in [0.15, 0.2) is 0 Å². The monoisotopic (exact) mass is 307 g/mol. The molecule has 0 atom stereocenters. The van der Waals surface area contributed by atoms with Gasteiger partial charge in [-0.2, -0.15) is 0 Å². The first-order valence-electron chi connectivity index (χ1n) is 7.20. The van der Waals surface area contributed by atoms with Crippen molar-refractivity contribution in [3.63, 3.8) is 0 Å². The van der Waals surface area contributed by atoms with E-state index in [1.165, 1.54) is 23.5 Å². The van der Waals surface area contributed by atoms with Gasteiger partial charge in [0, 0.05) is 16.7 Å². The maximum absolute atomic E-state index is 13.2. The summed E-state index contributed by atoms with van der Waals surface area (Å²) in [4.78, 5) is 12.8. The van der Waals surface area contributed by atoms with Gasteiger partial charge in [0.2, 0.25) is 0 Å². The fraction of sp³-hybridized carbons (Fsp3) is 0.438. The molecule has 0 spiro atoms. The number of hydrogen-bond donors (Lipinski definition) is 2. The molecule has 112 valence electrons. The largest absolute Gasteiger partial charge is 0.396 e. The second-order valence-electron chi connectivity index (χ2n) is 5.84. The van der Waals surface area contributed by atoms with Crippen LogP contribution in [0.1, 0.15) is 35.4 Å². The maximum Gasteiger partial charge on any atom is 0.261 e. The molecule has 2 N–H and O–H groups in total. The van der Waals surface area contributed by atoms with E-state index in [0.29, 0.717) is 11.4 Å². The Morgan fingerprint density at radius 3 is 2.81 bits per heavy atom. The number of benzene rings is 1. The van der Waals surface area contributed by atoms with Gasteiger partial charge < -0.3 is 10.4 Å². The molecule has 5 heteroatoms. The number of thiophene rings is 1. The molecular formula is C16H18FNO2S. The van der Waals surface area contributed by atoms with Crippen molar-refractivity contribution >= 4 is 27.3 Å². The number of rotatable bonds is 4. The first-order chi connectivity index (χ1) is 10.1. The van der Waals surface area contributed by atoms with Crippen molar-refractivity contribution < 1.29 is 14.3 Å². The average molecular weight is 307 g/mol. The zero-order valence-corrected chi connectivity index (χ0v) is 12.5. The average Bonchev–Trinajstić information content (AvgIpc) is 3.11. The number of aliphatic hydroxyl groups excluding tert-OH is 1. The van der Waals surface area contributed by atoms with Crippen LogP contribution < -0.4 is 5.32 Å². The highest BCUT2D eigenvalue weighted by atomic mass is 32.1. The predicted molar refractivity (Wildman–Crippen MR) is 82.1 cm³/mol.